The van der Waals surface area contributed by atoms with E-state index in [1.165, 1.54) is 24.3 Å². The largest absolute Gasteiger partial charge is 0.479 e. The van der Waals surface area contributed by atoms with Gasteiger partial charge in [0.1, 0.15) is 18.0 Å². The molecule has 3 rings (SSSR count). The van der Waals surface area contributed by atoms with E-state index in [-0.39, 0.29) is 23.5 Å². The van der Waals surface area contributed by atoms with E-state index in [9.17, 15) is 19.5 Å². The molecule has 3 aliphatic rings. The molecule has 1 N–H and O–H groups in total. The van der Waals surface area contributed by atoms with Crippen molar-refractivity contribution < 1.29 is 33.7 Å². The Bertz CT molecular complexity index is 773. The Labute approximate surface area is 150 Å². The molecule has 3 heterocycles. The van der Waals surface area contributed by atoms with Crippen LogP contribution >= 0.6 is 0 Å². The van der Waals surface area contributed by atoms with Crippen molar-refractivity contribution in [2.45, 2.75) is 38.1 Å². The number of carbonyl (C=O) groups excluding carboxylic acids is 3. The lowest BCUT2D eigenvalue weighted by Crippen LogP contribution is -2.42. The summed E-state index contributed by atoms with van der Waals surface area (Å²) in [7, 11) is 0. The maximum Gasteiger partial charge on any atom is 0.334 e. The molecule has 0 amide bonds. The summed E-state index contributed by atoms with van der Waals surface area (Å²) < 4.78 is 16.6. The van der Waals surface area contributed by atoms with Gasteiger partial charge in [0.2, 0.25) is 5.78 Å². The number of allylic oxidation sites excluding steroid dienone is 1. The van der Waals surface area contributed by atoms with Crippen LogP contribution in [-0.2, 0) is 28.6 Å². The number of rotatable bonds is 3. The third kappa shape index (κ3) is 2.99. The number of fused-ring (bicyclic) bond motifs is 3. The monoisotopic (exact) mass is 360 g/mol. The van der Waals surface area contributed by atoms with Crippen LogP contribution in [0.25, 0.3) is 0 Å². The maximum absolute atomic E-state index is 12.5. The summed E-state index contributed by atoms with van der Waals surface area (Å²) in [4.78, 5) is 36.5. The first-order chi connectivity index (χ1) is 12.3. The Morgan fingerprint density at radius 1 is 1.50 bits per heavy atom. The lowest BCUT2D eigenvalue weighted by molar-refractivity contribution is -0.152. The van der Waals surface area contributed by atoms with E-state index in [1.54, 1.807) is 13.8 Å². The molecule has 0 aromatic carbocycles. The second kappa shape index (κ2) is 6.57. The summed E-state index contributed by atoms with van der Waals surface area (Å²) in [6.45, 7) is 6.63. The van der Waals surface area contributed by atoms with Crippen LogP contribution in [0.5, 0.6) is 0 Å². The quantitative estimate of drug-likeness (QED) is 0.595. The molecule has 7 heteroatoms. The van der Waals surface area contributed by atoms with Gasteiger partial charge < -0.3 is 19.3 Å². The summed E-state index contributed by atoms with van der Waals surface area (Å²) in [5.74, 6) is -1.94. The number of aliphatic hydroxyl groups excluding tert-OH is 1. The molecule has 26 heavy (non-hydrogen) atoms. The molecule has 0 radical (unpaired) electrons. The van der Waals surface area contributed by atoms with Crippen LogP contribution in [0.2, 0.25) is 0 Å². The van der Waals surface area contributed by atoms with Gasteiger partial charge in [0.05, 0.1) is 12.5 Å². The standard InChI is InChI=1S/C19H20O7/c1-4-5-16(22)24-14-8-19(3)15(21)7-12(26-19)11(9-20)6-13-17(14)10(2)18(23)25-13/h4-7,13-14,17,20H,2,8-9H2,1,3H3. The molecule has 4 atom stereocenters. The molecule has 2 bridgehead atoms. The average molecular weight is 360 g/mol. The van der Waals surface area contributed by atoms with Crippen molar-refractivity contribution in [3.8, 4) is 0 Å². The van der Waals surface area contributed by atoms with Gasteiger partial charge in [-0.05, 0) is 19.9 Å². The highest BCUT2D eigenvalue weighted by Gasteiger charge is 2.51. The minimum absolute atomic E-state index is 0.0263. The zero-order valence-corrected chi connectivity index (χ0v) is 14.6. The Morgan fingerprint density at radius 2 is 2.23 bits per heavy atom. The highest BCUT2D eigenvalue weighted by atomic mass is 16.6. The molecular weight excluding hydrogens is 340 g/mol. The first kappa shape index (κ1) is 18.1. The molecule has 3 aliphatic heterocycles. The highest BCUT2D eigenvalue weighted by Crippen LogP contribution is 2.42. The number of aliphatic hydroxyl groups is 1. The number of ketones is 1. The predicted molar refractivity (Wildman–Crippen MR) is 89.6 cm³/mol. The summed E-state index contributed by atoms with van der Waals surface area (Å²) in [5.41, 5.74) is -0.782. The van der Waals surface area contributed by atoms with Gasteiger partial charge in [0.25, 0.3) is 0 Å². The third-order valence-corrected chi connectivity index (χ3v) is 4.79. The van der Waals surface area contributed by atoms with Crippen molar-refractivity contribution in [3.05, 3.63) is 47.8 Å². The van der Waals surface area contributed by atoms with Gasteiger partial charge in [-0.2, -0.15) is 0 Å². The van der Waals surface area contributed by atoms with E-state index in [1.807, 2.05) is 0 Å². The summed E-state index contributed by atoms with van der Waals surface area (Å²) in [6.07, 6.45) is 4.00. The van der Waals surface area contributed by atoms with Gasteiger partial charge >= 0.3 is 11.9 Å². The van der Waals surface area contributed by atoms with Crippen LogP contribution in [0.3, 0.4) is 0 Å². The van der Waals surface area contributed by atoms with Crippen molar-refractivity contribution >= 4 is 17.7 Å². The van der Waals surface area contributed by atoms with E-state index in [2.05, 4.69) is 6.58 Å². The molecule has 1 saturated heterocycles. The van der Waals surface area contributed by atoms with Gasteiger partial charge in [-0.3, -0.25) is 4.79 Å². The molecule has 0 saturated carbocycles. The normalized spacial score (nSPS) is 33.5. The van der Waals surface area contributed by atoms with Gasteiger partial charge in [-0.1, -0.05) is 12.7 Å². The number of esters is 2. The summed E-state index contributed by atoms with van der Waals surface area (Å²) >= 11 is 0. The average Bonchev–Trinajstić information content (AvgIpc) is 3.02. The highest BCUT2D eigenvalue weighted by molar-refractivity contribution is 6.00. The van der Waals surface area contributed by atoms with Crippen molar-refractivity contribution in [3.63, 3.8) is 0 Å². The lowest BCUT2D eigenvalue weighted by Gasteiger charge is -2.31. The van der Waals surface area contributed by atoms with Gasteiger partial charge in [-0.25, -0.2) is 9.59 Å². The summed E-state index contributed by atoms with van der Waals surface area (Å²) in [6, 6.07) is 0. The zero-order valence-electron chi connectivity index (χ0n) is 14.6. The Morgan fingerprint density at radius 3 is 2.88 bits per heavy atom. The fourth-order valence-corrected chi connectivity index (χ4v) is 3.44. The van der Waals surface area contributed by atoms with Gasteiger partial charge in [0, 0.05) is 29.7 Å². The fourth-order valence-electron chi connectivity index (χ4n) is 3.44. The third-order valence-electron chi connectivity index (χ3n) is 4.79. The lowest BCUT2D eigenvalue weighted by atomic mass is 9.82. The zero-order chi connectivity index (χ0) is 19.1. The first-order valence-corrected chi connectivity index (χ1v) is 8.29. The van der Waals surface area contributed by atoms with Crippen LogP contribution in [0.4, 0.5) is 0 Å². The van der Waals surface area contributed by atoms with Crippen molar-refractivity contribution in [2.75, 3.05) is 6.61 Å². The number of carbonyl (C=O) groups is 3. The second-order valence-corrected chi connectivity index (χ2v) is 6.66. The van der Waals surface area contributed by atoms with E-state index in [4.69, 9.17) is 14.2 Å². The molecule has 0 aromatic heterocycles. The van der Waals surface area contributed by atoms with Crippen molar-refractivity contribution in [1.82, 2.24) is 0 Å². The fraction of sp³-hybridized carbons (Fsp3) is 0.421. The SMILES string of the molecule is C=C1C(=O)OC2C=C(CO)C3=CC(=O)C(C)(CC(OC(=O)C=CC)C12)O3. The predicted octanol–water partition coefficient (Wildman–Crippen LogP) is 1.14. The molecule has 7 nitrogen and oxygen atoms in total. The minimum Gasteiger partial charge on any atom is -0.479 e. The van der Waals surface area contributed by atoms with E-state index < -0.39 is 42.3 Å². The molecule has 0 aromatic rings. The Kier molecular flexibility index (Phi) is 4.58. The van der Waals surface area contributed by atoms with E-state index >= 15 is 0 Å². The molecule has 0 spiro atoms. The van der Waals surface area contributed by atoms with Crippen LogP contribution in [0, 0.1) is 5.92 Å². The molecular formula is C19H20O7. The smallest absolute Gasteiger partial charge is 0.334 e. The molecule has 4 unspecified atom stereocenters. The second-order valence-electron chi connectivity index (χ2n) is 6.66. The van der Waals surface area contributed by atoms with E-state index in [0.29, 0.717) is 5.57 Å². The van der Waals surface area contributed by atoms with Crippen LogP contribution in [0.15, 0.2) is 47.8 Å². The van der Waals surface area contributed by atoms with E-state index in [0.717, 1.165) is 0 Å². The van der Waals surface area contributed by atoms with Gasteiger partial charge in [0.15, 0.2) is 5.60 Å². The maximum atomic E-state index is 12.5. The van der Waals surface area contributed by atoms with Gasteiger partial charge in [-0.15, -0.1) is 0 Å². The number of hydrogen-bond donors (Lipinski definition) is 1. The summed E-state index contributed by atoms with van der Waals surface area (Å²) in [5, 5.41) is 9.67. The first-order valence-electron chi connectivity index (χ1n) is 8.29. The number of hydrogen-bond acceptors (Lipinski definition) is 7. The van der Waals surface area contributed by atoms with Crippen LogP contribution in [0.1, 0.15) is 20.3 Å². The minimum atomic E-state index is -1.27. The topological polar surface area (TPSA) is 99.1 Å². The molecule has 138 valence electrons. The molecule has 1 fully saturated rings. The Balaban J connectivity index is 2.07. The Hall–Kier alpha value is -2.67. The van der Waals surface area contributed by atoms with Crippen molar-refractivity contribution in [2.24, 2.45) is 5.92 Å². The molecule has 0 aliphatic carbocycles. The number of ether oxygens (including phenoxy) is 3. The van der Waals surface area contributed by atoms with Crippen molar-refractivity contribution in [1.29, 1.82) is 0 Å². The van der Waals surface area contributed by atoms with Crippen LogP contribution < -0.4 is 0 Å². The van der Waals surface area contributed by atoms with Crippen LogP contribution in [-0.4, -0.2) is 47.2 Å².